The first-order chi connectivity index (χ1) is 13.4. The van der Waals surface area contributed by atoms with Crippen molar-refractivity contribution in [2.75, 3.05) is 11.5 Å². The Kier molecular flexibility index (Phi) is 5.70. The molecule has 0 spiro atoms. The predicted octanol–water partition coefficient (Wildman–Crippen LogP) is 4.41. The number of rotatable bonds is 6. The molecule has 1 amide bonds. The average molecular weight is 398 g/mol. The number of carbonyl (C=O) groups is 2. The van der Waals surface area contributed by atoms with Crippen LogP contribution in [0.2, 0.25) is 0 Å². The summed E-state index contributed by atoms with van der Waals surface area (Å²) in [5.74, 6) is -0.958. The van der Waals surface area contributed by atoms with Gasteiger partial charge in [0, 0.05) is 33.9 Å². The van der Waals surface area contributed by atoms with Gasteiger partial charge in [-0.1, -0.05) is 18.2 Å². The molecule has 2 aromatic carbocycles. The van der Waals surface area contributed by atoms with Crippen molar-refractivity contribution in [1.29, 1.82) is 0 Å². The number of nitrogens with zero attached hydrogens (tertiary/aromatic N) is 2. The van der Waals surface area contributed by atoms with Crippen LogP contribution in [0.1, 0.15) is 23.5 Å². The zero-order valence-corrected chi connectivity index (χ0v) is 16.1. The number of esters is 1. The monoisotopic (exact) mass is 398 g/mol. The molecule has 0 saturated heterocycles. The Balaban J connectivity index is 1.71. The van der Waals surface area contributed by atoms with Gasteiger partial charge < -0.3 is 9.64 Å². The number of para-hydroxylation sites is 1. The van der Waals surface area contributed by atoms with E-state index in [1.165, 1.54) is 29.5 Å². The van der Waals surface area contributed by atoms with Gasteiger partial charge in [-0.15, -0.1) is 11.3 Å². The minimum absolute atomic E-state index is 0.0455. The molecule has 0 aliphatic carbocycles. The first-order valence-electron chi connectivity index (χ1n) is 8.59. The van der Waals surface area contributed by atoms with Crippen LogP contribution >= 0.6 is 11.3 Å². The highest BCUT2D eigenvalue weighted by Gasteiger charge is 2.21. The van der Waals surface area contributed by atoms with Gasteiger partial charge in [0.2, 0.25) is 0 Å². The van der Waals surface area contributed by atoms with Crippen molar-refractivity contribution in [3.8, 4) is 0 Å². The average Bonchev–Trinajstić information content (AvgIpc) is 3.10. The van der Waals surface area contributed by atoms with Gasteiger partial charge >= 0.3 is 5.97 Å². The van der Waals surface area contributed by atoms with Crippen LogP contribution < -0.4 is 4.90 Å². The van der Waals surface area contributed by atoms with E-state index in [-0.39, 0.29) is 24.2 Å². The first-order valence-corrected chi connectivity index (χ1v) is 9.40. The Morgan fingerprint density at radius 3 is 2.50 bits per heavy atom. The number of thiophene rings is 1. The molecule has 0 atom stereocenters. The number of nitro benzene ring substituents is 1. The normalized spacial score (nSPS) is 10.8. The van der Waals surface area contributed by atoms with Crippen LogP contribution in [0, 0.1) is 10.1 Å². The summed E-state index contributed by atoms with van der Waals surface area (Å²) >= 11 is 1.17. The molecule has 0 unspecified atom stereocenters. The second-order valence-corrected chi connectivity index (χ2v) is 7.44. The van der Waals surface area contributed by atoms with Crippen molar-refractivity contribution < 1.29 is 19.2 Å². The SMILES string of the molecule is CC(C)N(C(=O)COC(=O)c1cc2cc([N+](=O)[O-])ccc2s1)c1ccccc1. The van der Waals surface area contributed by atoms with Crippen LogP contribution in [0.3, 0.4) is 0 Å². The number of ether oxygens (including phenoxy) is 1. The van der Waals surface area contributed by atoms with Gasteiger partial charge in [0.15, 0.2) is 6.61 Å². The van der Waals surface area contributed by atoms with Crippen molar-refractivity contribution in [3.05, 3.63) is 69.6 Å². The van der Waals surface area contributed by atoms with Crippen molar-refractivity contribution in [3.63, 3.8) is 0 Å². The smallest absolute Gasteiger partial charge is 0.348 e. The summed E-state index contributed by atoms with van der Waals surface area (Å²) in [6, 6.07) is 15.0. The van der Waals surface area contributed by atoms with Crippen molar-refractivity contribution in [2.45, 2.75) is 19.9 Å². The number of benzene rings is 2. The zero-order valence-electron chi connectivity index (χ0n) is 15.3. The van der Waals surface area contributed by atoms with Crippen molar-refractivity contribution in [1.82, 2.24) is 0 Å². The molecule has 3 aromatic rings. The molecule has 0 aliphatic rings. The van der Waals surface area contributed by atoms with Gasteiger partial charge in [-0.05, 0) is 38.1 Å². The molecule has 0 aliphatic heterocycles. The van der Waals surface area contributed by atoms with E-state index in [1.807, 2.05) is 44.2 Å². The highest BCUT2D eigenvalue weighted by atomic mass is 32.1. The van der Waals surface area contributed by atoms with E-state index < -0.39 is 10.9 Å². The lowest BCUT2D eigenvalue weighted by atomic mass is 10.2. The second kappa shape index (κ2) is 8.18. The van der Waals surface area contributed by atoms with Gasteiger partial charge in [-0.25, -0.2) is 4.79 Å². The molecule has 0 bridgehead atoms. The van der Waals surface area contributed by atoms with Gasteiger partial charge in [0.25, 0.3) is 11.6 Å². The number of nitro groups is 1. The van der Waals surface area contributed by atoms with Crippen LogP contribution in [0.15, 0.2) is 54.6 Å². The maximum Gasteiger partial charge on any atom is 0.348 e. The Hall–Kier alpha value is -3.26. The van der Waals surface area contributed by atoms with Gasteiger partial charge in [-0.3, -0.25) is 14.9 Å². The lowest BCUT2D eigenvalue weighted by Gasteiger charge is -2.26. The summed E-state index contributed by atoms with van der Waals surface area (Å²) in [6.07, 6.45) is 0. The number of carbonyl (C=O) groups excluding carboxylic acids is 2. The molecule has 1 heterocycles. The Labute approximate surface area is 165 Å². The number of non-ortho nitro benzene ring substituents is 1. The van der Waals surface area contributed by atoms with E-state index in [0.717, 1.165) is 10.4 Å². The largest absolute Gasteiger partial charge is 0.451 e. The van der Waals surface area contributed by atoms with Crippen LogP contribution in [-0.2, 0) is 9.53 Å². The zero-order chi connectivity index (χ0) is 20.3. The van der Waals surface area contributed by atoms with E-state index in [2.05, 4.69) is 0 Å². The summed E-state index contributed by atoms with van der Waals surface area (Å²) < 4.78 is 5.93. The topological polar surface area (TPSA) is 89.8 Å². The Morgan fingerprint density at radius 2 is 1.86 bits per heavy atom. The number of hydrogen-bond donors (Lipinski definition) is 0. The molecule has 0 N–H and O–H groups in total. The molecular formula is C20H18N2O5S. The van der Waals surface area contributed by atoms with Crippen LogP contribution in [0.5, 0.6) is 0 Å². The molecule has 1 aromatic heterocycles. The third-order valence-electron chi connectivity index (χ3n) is 4.06. The molecule has 7 nitrogen and oxygen atoms in total. The summed E-state index contributed by atoms with van der Waals surface area (Å²) in [4.78, 5) is 37.2. The molecular weight excluding hydrogens is 380 g/mol. The minimum Gasteiger partial charge on any atom is -0.451 e. The van der Waals surface area contributed by atoms with Crippen molar-refractivity contribution >= 4 is 44.7 Å². The summed E-state index contributed by atoms with van der Waals surface area (Å²) in [5, 5.41) is 11.5. The molecule has 0 radical (unpaired) electrons. The number of hydrogen-bond acceptors (Lipinski definition) is 6. The standard InChI is InChI=1S/C20H18N2O5S/c1-13(2)21(15-6-4-3-5-7-15)19(23)12-27-20(24)18-11-14-10-16(22(25)26)8-9-17(14)28-18/h3-11,13H,12H2,1-2H3. The maximum atomic E-state index is 12.6. The Morgan fingerprint density at radius 1 is 1.14 bits per heavy atom. The maximum absolute atomic E-state index is 12.6. The molecule has 0 fully saturated rings. The third-order valence-corrected chi connectivity index (χ3v) is 5.15. The quantitative estimate of drug-likeness (QED) is 0.349. The molecule has 28 heavy (non-hydrogen) atoms. The van der Waals surface area contributed by atoms with Crippen LogP contribution in [0.25, 0.3) is 10.1 Å². The number of amides is 1. The fourth-order valence-corrected chi connectivity index (χ4v) is 3.77. The summed E-state index contributed by atoms with van der Waals surface area (Å²) in [5.41, 5.74) is 0.684. The van der Waals surface area contributed by atoms with E-state index in [9.17, 15) is 19.7 Å². The molecule has 3 rings (SSSR count). The van der Waals surface area contributed by atoms with Crippen molar-refractivity contribution in [2.24, 2.45) is 0 Å². The lowest BCUT2D eigenvalue weighted by molar-refractivity contribution is -0.384. The van der Waals surface area contributed by atoms with Gasteiger partial charge in [0.05, 0.1) is 4.92 Å². The van der Waals surface area contributed by atoms with Crippen LogP contribution in [0.4, 0.5) is 11.4 Å². The predicted molar refractivity (Wildman–Crippen MR) is 108 cm³/mol. The van der Waals surface area contributed by atoms with E-state index >= 15 is 0 Å². The second-order valence-electron chi connectivity index (χ2n) is 6.36. The summed E-state index contributed by atoms with van der Waals surface area (Å²) in [6.45, 7) is 3.37. The molecule has 0 saturated carbocycles. The fourth-order valence-electron chi connectivity index (χ4n) is 2.83. The number of anilines is 1. The molecule has 144 valence electrons. The van der Waals surface area contributed by atoms with Gasteiger partial charge in [-0.2, -0.15) is 0 Å². The fraction of sp³-hybridized carbons (Fsp3) is 0.200. The Bertz CT molecular complexity index is 1030. The van der Waals surface area contributed by atoms with E-state index in [0.29, 0.717) is 10.3 Å². The minimum atomic E-state index is -0.631. The first kappa shape index (κ1) is 19.5. The number of fused-ring (bicyclic) bond motifs is 1. The lowest BCUT2D eigenvalue weighted by Crippen LogP contribution is -2.39. The van der Waals surface area contributed by atoms with Gasteiger partial charge in [0.1, 0.15) is 4.88 Å². The highest BCUT2D eigenvalue weighted by Crippen LogP contribution is 2.29. The van der Waals surface area contributed by atoms with E-state index in [4.69, 9.17) is 4.74 Å². The van der Waals surface area contributed by atoms with E-state index in [1.54, 1.807) is 11.0 Å². The van der Waals surface area contributed by atoms with Crippen LogP contribution in [-0.4, -0.2) is 29.4 Å². The molecule has 8 heteroatoms. The third kappa shape index (κ3) is 4.17. The highest BCUT2D eigenvalue weighted by molar-refractivity contribution is 7.20. The summed E-state index contributed by atoms with van der Waals surface area (Å²) in [7, 11) is 0.